The maximum Gasteiger partial charge on any atom is 0.328 e. The Bertz CT molecular complexity index is 1220. The number of aromatic nitrogens is 3. The van der Waals surface area contributed by atoms with Crippen molar-refractivity contribution in [1.82, 2.24) is 19.4 Å². The van der Waals surface area contributed by atoms with E-state index < -0.39 is 0 Å². The van der Waals surface area contributed by atoms with Crippen molar-refractivity contribution in [3.8, 4) is 5.75 Å². The van der Waals surface area contributed by atoms with E-state index in [1.807, 2.05) is 19.1 Å². The fourth-order valence-electron chi connectivity index (χ4n) is 4.43. The third-order valence-electron chi connectivity index (χ3n) is 6.45. The van der Waals surface area contributed by atoms with Crippen molar-refractivity contribution in [2.75, 3.05) is 44.7 Å². The van der Waals surface area contributed by atoms with Crippen LogP contribution in [0.4, 0.5) is 10.1 Å². The molecule has 0 bridgehead atoms. The molecule has 3 heterocycles. The summed E-state index contributed by atoms with van der Waals surface area (Å²) in [6.07, 6.45) is 5.63. The lowest BCUT2D eigenvalue weighted by Crippen LogP contribution is -2.47. The van der Waals surface area contributed by atoms with Crippen molar-refractivity contribution in [3.05, 3.63) is 86.7 Å². The lowest BCUT2D eigenvalue weighted by Gasteiger charge is -2.36. The first kappa shape index (κ1) is 23.7. The molecule has 1 saturated heterocycles. The molecule has 3 aromatic rings. The van der Waals surface area contributed by atoms with Crippen molar-refractivity contribution in [2.24, 2.45) is 0 Å². The van der Waals surface area contributed by atoms with Crippen LogP contribution in [-0.4, -0.2) is 59.3 Å². The van der Waals surface area contributed by atoms with Gasteiger partial charge in [-0.25, -0.2) is 9.18 Å². The molecule has 34 heavy (non-hydrogen) atoms. The molecule has 8 nitrogen and oxygen atoms in total. The molecular weight excluding hydrogens is 437 g/mol. The number of pyridine rings is 1. The van der Waals surface area contributed by atoms with Crippen LogP contribution in [0.25, 0.3) is 0 Å². The summed E-state index contributed by atoms with van der Waals surface area (Å²) in [7, 11) is 1.55. The zero-order valence-corrected chi connectivity index (χ0v) is 19.5. The fraction of sp³-hybridized carbons (Fsp3) is 0.400. The second-order valence-electron chi connectivity index (χ2n) is 8.51. The number of methoxy groups -OCH3 is 1. The van der Waals surface area contributed by atoms with E-state index in [1.165, 1.54) is 22.9 Å². The van der Waals surface area contributed by atoms with Crippen LogP contribution >= 0.6 is 0 Å². The van der Waals surface area contributed by atoms with Crippen LogP contribution < -0.4 is 20.9 Å². The smallest absolute Gasteiger partial charge is 0.328 e. The highest BCUT2D eigenvalue weighted by Gasteiger charge is 2.20. The molecule has 1 N–H and O–H groups in total. The first-order valence-corrected chi connectivity index (χ1v) is 11.5. The summed E-state index contributed by atoms with van der Waals surface area (Å²) in [5.74, 6) is 0.0524. The number of ether oxygens (including phenoxy) is 1. The van der Waals surface area contributed by atoms with E-state index in [1.54, 1.807) is 25.6 Å². The van der Waals surface area contributed by atoms with Gasteiger partial charge in [-0.15, -0.1) is 0 Å². The van der Waals surface area contributed by atoms with Crippen molar-refractivity contribution >= 4 is 5.69 Å². The van der Waals surface area contributed by atoms with Crippen LogP contribution in [0.3, 0.4) is 0 Å². The fourth-order valence-corrected chi connectivity index (χ4v) is 4.43. The number of benzene rings is 1. The Hall–Kier alpha value is -3.46. The third kappa shape index (κ3) is 5.20. The quantitative estimate of drug-likeness (QED) is 0.548. The largest absolute Gasteiger partial charge is 0.494 e. The van der Waals surface area contributed by atoms with Crippen molar-refractivity contribution in [1.29, 1.82) is 0 Å². The standard InChI is InChI=1S/C25H30FN5O3/c1-18(19-5-3-8-27-16-19)21-17-28-25(33)31(24(21)32)10-4-9-29-11-13-30(14-12-29)22-7-6-20(26)15-23(22)34-2/h3,5-8,15-18H,4,9-14H2,1-2H3,(H,28,33). The number of piperazine rings is 1. The van der Waals surface area contributed by atoms with Gasteiger partial charge >= 0.3 is 5.69 Å². The number of halogens is 1. The van der Waals surface area contributed by atoms with Gasteiger partial charge in [-0.3, -0.25) is 19.2 Å². The summed E-state index contributed by atoms with van der Waals surface area (Å²) in [6.45, 7) is 6.33. The molecule has 1 fully saturated rings. The van der Waals surface area contributed by atoms with E-state index in [-0.39, 0.29) is 23.0 Å². The number of nitrogens with one attached hydrogen (secondary N) is 1. The first-order valence-electron chi connectivity index (χ1n) is 11.5. The minimum atomic E-state index is -0.389. The highest BCUT2D eigenvalue weighted by Crippen LogP contribution is 2.29. The third-order valence-corrected chi connectivity index (χ3v) is 6.45. The summed E-state index contributed by atoms with van der Waals surface area (Å²) in [6, 6.07) is 8.36. The van der Waals surface area contributed by atoms with Crippen molar-refractivity contribution in [3.63, 3.8) is 0 Å². The molecule has 9 heteroatoms. The minimum Gasteiger partial charge on any atom is -0.494 e. The summed E-state index contributed by atoms with van der Waals surface area (Å²) < 4.78 is 20.1. The molecule has 0 saturated carbocycles. The van der Waals surface area contributed by atoms with Gasteiger partial charge in [-0.1, -0.05) is 13.0 Å². The number of hydrogen-bond donors (Lipinski definition) is 1. The highest BCUT2D eigenvalue weighted by atomic mass is 19.1. The predicted octanol–water partition coefficient (Wildman–Crippen LogP) is 2.44. The Labute approximate surface area is 197 Å². The SMILES string of the molecule is COc1cc(F)ccc1N1CCN(CCCn2c(=O)[nH]cc(C(C)c3cccnc3)c2=O)CC1. The van der Waals surface area contributed by atoms with Crippen LogP contribution in [0.15, 0.2) is 58.5 Å². The zero-order valence-electron chi connectivity index (χ0n) is 19.5. The number of aromatic amines is 1. The Morgan fingerprint density at radius 1 is 1.15 bits per heavy atom. The van der Waals surface area contributed by atoms with E-state index in [2.05, 4.69) is 19.8 Å². The molecular formula is C25H30FN5O3. The predicted molar refractivity (Wildman–Crippen MR) is 129 cm³/mol. The summed E-state index contributed by atoms with van der Waals surface area (Å²) >= 11 is 0. The molecule has 2 aromatic heterocycles. The average molecular weight is 468 g/mol. The molecule has 0 amide bonds. The van der Waals surface area contributed by atoms with Crippen LogP contribution in [0.5, 0.6) is 5.75 Å². The lowest BCUT2D eigenvalue weighted by atomic mass is 9.97. The van der Waals surface area contributed by atoms with Crippen LogP contribution in [0.1, 0.15) is 30.4 Å². The molecule has 1 aliphatic rings. The van der Waals surface area contributed by atoms with E-state index in [0.29, 0.717) is 24.3 Å². The van der Waals surface area contributed by atoms with Crippen molar-refractivity contribution < 1.29 is 9.13 Å². The van der Waals surface area contributed by atoms with E-state index in [4.69, 9.17) is 4.74 Å². The first-order chi connectivity index (χ1) is 16.5. The zero-order chi connectivity index (χ0) is 24.1. The van der Waals surface area contributed by atoms with Gasteiger partial charge in [0, 0.05) is 68.9 Å². The Kier molecular flexibility index (Phi) is 7.42. The number of hydrogen-bond acceptors (Lipinski definition) is 6. The average Bonchev–Trinajstić information content (AvgIpc) is 2.86. The summed E-state index contributed by atoms with van der Waals surface area (Å²) in [4.78, 5) is 36.7. The highest BCUT2D eigenvalue weighted by molar-refractivity contribution is 5.59. The Balaban J connectivity index is 1.35. The normalized spacial score (nSPS) is 15.3. The maximum absolute atomic E-state index is 13.5. The van der Waals surface area contributed by atoms with Gasteiger partial charge in [0.1, 0.15) is 11.6 Å². The lowest BCUT2D eigenvalue weighted by molar-refractivity contribution is 0.248. The van der Waals surface area contributed by atoms with Gasteiger partial charge in [-0.05, 0) is 36.7 Å². The molecule has 1 unspecified atom stereocenters. The molecule has 180 valence electrons. The number of anilines is 1. The van der Waals surface area contributed by atoms with Gasteiger partial charge in [0.05, 0.1) is 12.8 Å². The molecule has 1 aromatic carbocycles. The minimum absolute atomic E-state index is 0.166. The van der Waals surface area contributed by atoms with E-state index >= 15 is 0 Å². The van der Waals surface area contributed by atoms with Gasteiger partial charge in [0.2, 0.25) is 0 Å². The molecule has 0 radical (unpaired) electrons. The van der Waals surface area contributed by atoms with Gasteiger partial charge in [0.15, 0.2) is 0 Å². The van der Waals surface area contributed by atoms with E-state index in [0.717, 1.165) is 44.0 Å². The van der Waals surface area contributed by atoms with Crippen LogP contribution in [0.2, 0.25) is 0 Å². The van der Waals surface area contributed by atoms with Crippen LogP contribution in [0, 0.1) is 5.82 Å². The second kappa shape index (κ2) is 10.6. The molecule has 1 atom stereocenters. The molecule has 0 spiro atoms. The maximum atomic E-state index is 13.5. The van der Waals surface area contributed by atoms with Gasteiger partial charge in [-0.2, -0.15) is 0 Å². The number of H-pyrrole nitrogens is 1. The topological polar surface area (TPSA) is 83.5 Å². The summed E-state index contributed by atoms with van der Waals surface area (Å²) in [5, 5.41) is 0. The summed E-state index contributed by atoms with van der Waals surface area (Å²) in [5.41, 5.74) is 1.72. The molecule has 4 rings (SSSR count). The number of rotatable bonds is 8. The number of nitrogens with zero attached hydrogens (tertiary/aromatic N) is 4. The van der Waals surface area contributed by atoms with E-state index in [9.17, 15) is 14.0 Å². The molecule has 0 aliphatic carbocycles. The van der Waals surface area contributed by atoms with Crippen LogP contribution in [-0.2, 0) is 6.54 Å². The monoisotopic (exact) mass is 467 g/mol. The van der Waals surface area contributed by atoms with Gasteiger partial charge in [0.25, 0.3) is 5.56 Å². The second-order valence-corrected chi connectivity index (χ2v) is 8.51. The Morgan fingerprint density at radius 2 is 1.94 bits per heavy atom. The van der Waals surface area contributed by atoms with Crippen molar-refractivity contribution in [2.45, 2.75) is 25.8 Å². The Morgan fingerprint density at radius 3 is 2.65 bits per heavy atom. The van der Waals surface area contributed by atoms with Gasteiger partial charge < -0.3 is 14.6 Å². The molecule has 1 aliphatic heterocycles.